The second kappa shape index (κ2) is 9.64. The lowest BCUT2D eigenvalue weighted by Gasteiger charge is -2.31. The van der Waals surface area contributed by atoms with Gasteiger partial charge in [-0.15, -0.1) is 0 Å². The average molecular weight is 489 g/mol. The van der Waals surface area contributed by atoms with Crippen LogP contribution in [0.25, 0.3) is 10.9 Å². The minimum Gasteiger partial charge on any atom is -0.356 e. The molecule has 0 spiro atoms. The predicted octanol–water partition coefficient (Wildman–Crippen LogP) is 3.81. The average Bonchev–Trinajstić information content (AvgIpc) is 3.23. The molecular formula is C25H31F3N6O. The fourth-order valence-electron chi connectivity index (χ4n) is 5.41. The molecule has 1 aliphatic heterocycles. The van der Waals surface area contributed by atoms with Crippen molar-refractivity contribution in [2.45, 2.75) is 44.3 Å². The van der Waals surface area contributed by atoms with E-state index in [4.69, 9.17) is 0 Å². The molecule has 0 unspecified atom stereocenters. The molecule has 7 nitrogen and oxygen atoms in total. The van der Waals surface area contributed by atoms with Crippen LogP contribution >= 0.6 is 0 Å². The molecule has 1 aliphatic carbocycles. The van der Waals surface area contributed by atoms with Gasteiger partial charge in [0.2, 0.25) is 5.91 Å². The number of imidazole rings is 1. The maximum atomic E-state index is 13.5. The summed E-state index contributed by atoms with van der Waals surface area (Å²) in [6, 6.07) is 4.35. The van der Waals surface area contributed by atoms with E-state index in [-0.39, 0.29) is 23.3 Å². The van der Waals surface area contributed by atoms with Crippen molar-refractivity contribution >= 4 is 16.8 Å². The number of carbonyl (C=O) groups is 1. The summed E-state index contributed by atoms with van der Waals surface area (Å²) in [5.41, 5.74) is 0.301. The van der Waals surface area contributed by atoms with Crippen molar-refractivity contribution < 1.29 is 18.0 Å². The molecule has 1 aromatic carbocycles. The number of nitrogens with zero attached hydrogens (tertiary/aromatic N) is 5. The number of benzene rings is 1. The first kappa shape index (κ1) is 23.8. The normalized spacial score (nSPS) is 21.5. The molecule has 0 bridgehead atoms. The molecule has 35 heavy (non-hydrogen) atoms. The lowest BCUT2D eigenvalue weighted by Crippen LogP contribution is -2.35. The van der Waals surface area contributed by atoms with Crippen LogP contribution in [0.4, 0.5) is 13.2 Å². The summed E-state index contributed by atoms with van der Waals surface area (Å²) in [5, 5.41) is 8.17. The van der Waals surface area contributed by atoms with Crippen LogP contribution in [-0.4, -0.2) is 56.3 Å². The first-order chi connectivity index (χ1) is 16.8. The van der Waals surface area contributed by atoms with Crippen LogP contribution in [0.2, 0.25) is 0 Å². The van der Waals surface area contributed by atoms with E-state index in [1.165, 1.54) is 10.7 Å². The van der Waals surface area contributed by atoms with Crippen LogP contribution in [0.3, 0.4) is 0 Å². The van der Waals surface area contributed by atoms with Gasteiger partial charge in [0.15, 0.2) is 0 Å². The van der Waals surface area contributed by atoms with Crippen LogP contribution in [0.1, 0.15) is 42.9 Å². The number of fused-ring (bicyclic) bond motifs is 1. The highest BCUT2D eigenvalue weighted by atomic mass is 19.4. The maximum absolute atomic E-state index is 13.5. The van der Waals surface area contributed by atoms with E-state index >= 15 is 0 Å². The van der Waals surface area contributed by atoms with Gasteiger partial charge in [-0.1, -0.05) is 12.1 Å². The number of amides is 1. The summed E-state index contributed by atoms with van der Waals surface area (Å²) in [7, 11) is 1.59. The molecule has 188 valence electrons. The number of alkyl halides is 3. The zero-order valence-electron chi connectivity index (χ0n) is 19.8. The van der Waals surface area contributed by atoms with Crippen LogP contribution in [0.5, 0.6) is 0 Å². The molecule has 1 N–H and O–H groups in total. The zero-order valence-corrected chi connectivity index (χ0v) is 19.8. The minimum absolute atomic E-state index is 0.0986. The third-order valence-electron chi connectivity index (χ3n) is 7.38. The van der Waals surface area contributed by atoms with E-state index < -0.39 is 11.7 Å². The Balaban J connectivity index is 1.10. The number of aromatic nitrogens is 4. The third kappa shape index (κ3) is 5.22. The Morgan fingerprint density at radius 1 is 1.23 bits per heavy atom. The van der Waals surface area contributed by atoms with Gasteiger partial charge in [-0.3, -0.25) is 9.48 Å². The summed E-state index contributed by atoms with van der Waals surface area (Å²) in [4.78, 5) is 18.8. The Morgan fingerprint density at radius 3 is 2.74 bits per heavy atom. The number of likely N-dealkylation sites (tertiary alicyclic amines) is 1. The number of rotatable bonds is 8. The number of aryl methyl sites for hydroxylation is 2. The Morgan fingerprint density at radius 2 is 2.03 bits per heavy atom. The van der Waals surface area contributed by atoms with Gasteiger partial charge < -0.3 is 14.8 Å². The molecule has 5 rings (SSSR count). The minimum atomic E-state index is -4.40. The highest BCUT2D eigenvalue weighted by Crippen LogP contribution is 2.41. The number of hydrogen-bond acceptors (Lipinski definition) is 4. The molecule has 3 heterocycles. The molecular weight excluding hydrogens is 457 g/mol. The number of piperidine rings is 1. The molecule has 2 aliphatic rings. The first-order valence-electron chi connectivity index (χ1n) is 12.3. The topological polar surface area (TPSA) is 68.0 Å². The van der Waals surface area contributed by atoms with Crippen molar-refractivity contribution in [2.75, 3.05) is 26.2 Å². The van der Waals surface area contributed by atoms with Gasteiger partial charge in [0, 0.05) is 56.3 Å². The maximum Gasteiger partial charge on any atom is 0.418 e. The van der Waals surface area contributed by atoms with Crippen molar-refractivity contribution in [1.82, 2.24) is 29.5 Å². The second-order valence-electron chi connectivity index (χ2n) is 9.83. The SMILES string of the molecule is Cn1nc(C2CCN(C[C@H]3C[C@@H]3C(=O)NCCCn3ccnc3)CC2)c2cccc(C(F)(F)F)c21. The van der Waals surface area contributed by atoms with Crippen molar-refractivity contribution in [3.05, 3.63) is 48.2 Å². The summed E-state index contributed by atoms with van der Waals surface area (Å²) < 4.78 is 43.8. The molecule has 1 saturated heterocycles. The van der Waals surface area contributed by atoms with Gasteiger partial charge in [-0.05, 0) is 50.8 Å². The predicted molar refractivity (Wildman–Crippen MR) is 126 cm³/mol. The molecule has 10 heteroatoms. The van der Waals surface area contributed by atoms with Crippen LogP contribution in [-0.2, 0) is 24.6 Å². The standard InChI is InChI=1S/C25H31F3N6O/c1-32-23-19(4-2-5-21(23)25(26,27)28)22(31-32)17-6-11-33(12-7-17)15-18-14-20(18)24(35)30-8-3-10-34-13-9-29-16-34/h2,4-5,9,13,16-18,20H,3,6-8,10-12,14-15H2,1H3,(H,30,35)/t18-,20+/m1/s1. The van der Waals surface area contributed by atoms with Crippen LogP contribution in [0, 0.1) is 11.8 Å². The zero-order chi connectivity index (χ0) is 24.6. The summed E-state index contributed by atoms with van der Waals surface area (Å²) in [6.07, 6.45) is 4.56. The lowest BCUT2D eigenvalue weighted by atomic mass is 9.91. The first-order valence-corrected chi connectivity index (χ1v) is 12.3. The Bertz CT molecular complexity index is 1160. The van der Waals surface area contributed by atoms with E-state index in [0.29, 0.717) is 17.8 Å². The quantitative estimate of drug-likeness (QED) is 0.490. The Hall–Kier alpha value is -2.88. The second-order valence-corrected chi connectivity index (χ2v) is 9.83. The monoisotopic (exact) mass is 488 g/mol. The van der Waals surface area contributed by atoms with Gasteiger partial charge in [-0.2, -0.15) is 18.3 Å². The molecule has 2 fully saturated rings. The van der Waals surface area contributed by atoms with E-state index in [1.807, 2.05) is 10.8 Å². The summed E-state index contributed by atoms with van der Waals surface area (Å²) in [6.45, 7) is 4.15. The Kier molecular flexibility index (Phi) is 6.57. The largest absolute Gasteiger partial charge is 0.418 e. The molecule has 1 saturated carbocycles. The van der Waals surface area contributed by atoms with E-state index in [9.17, 15) is 18.0 Å². The van der Waals surface area contributed by atoms with Gasteiger partial charge in [-0.25, -0.2) is 4.98 Å². The van der Waals surface area contributed by atoms with E-state index in [2.05, 4.69) is 20.3 Å². The van der Waals surface area contributed by atoms with E-state index in [1.54, 1.807) is 25.6 Å². The van der Waals surface area contributed by atoms with Crippen molar-refractivity contribution in [2.24, 2.45) is 18.9 Å². The molecule has 2 atom stereocenters. The number of halogens is 3. The third-order valence-corrected chi connectivity index (χ3v) is 7.38. The van der Waals surface area contributed by atoms with E-state index in [0.717, 1.165) is 63.6 Å². The molecule has 1 amide bonds. The van der Waals surface area contributed by atoms with Gasteiger partial charge in [0.05, 0.1) is 23.1 Å². The summed E-state index contributed by atoms with van der Waals surface area (Å²) in [5.74, 6) is 0.787. The number of hydrogen-bond donors (Lipinski definition) is 1. The van der Waals surface area contributed by atoms with Crippen LogP contribution < -0.4 is 5.32 Å². The summed E-state index contributed by atoms with van der Waals surface area (Å²) >= 11 is 0. The van der Waals surface area contributed by atoms with Crippen molar-refractivity contribution in [3.8, 4) is 0 Å². The molecule has 2 aromatic heterocycles. The van der Waals surface area contributed by atoms with Crippen LogP contribution in [0.15, 0.2) is 36.9 Å². The highest BCUT2D eigenvalue weighted by Gasteiger charge is 2.44. The smallest absolute Gasteiger partial charge is 0.356 e. The van der Waals surface area contributed by atoms with Gasteiger partial charge >= 0.3 is 6.18 Å². The molecule has 3 aromatic rings. The lowest BCUT2D eigenvalue weighted by molar-refractivity contribution is -0.136. The number of para-hydroxylation sites is 1. The van der Waals surface area contributed by atoms with Gasteiger partial charge in [0.1, 0.15) is 0 Å². The number of carbonyl (C=O) groups excluding carboxylic acids is 1. The highest BCUT2D eigenvalue weighted by molar-refractivity contribution is 5.86. The Labute approximate surface area is 202 Å². The van der Waals surface area contributed by atoms with Crippen molar-refractivity contribution in [1.29, 1.82) is 0 Å². The number of nitrogens with one attached hydrogen (secondary N) is 1. The van der Waals surface area contributed by atoms with Crippen molar-refractivity contribution in [3.63, 3.8) is 0 Å². The molecule has 0 radical (unpaired) electrons. The van der Waals surface area contributed by atoms with Gasteiger partial charge in [0.25, 0.3) is 0 Å². The fourth-order valence-corrected chi connectivity index (χ4v) is 5.41. The fraction of sp³-hybridized carbons (Fsp3) is 0.560.